The zero-order valence-electron chi connectivity index (χ0n) is 46.0. The van der Waals surface area contributed by atoms with Crippen molar-refractivity contribution in [2.24, 2.45) is 16.7 Å². The van der Waals surface area contributed by atoms with Crippen molar-refractivity contribution < 1.29 is 90.8 Å². The van der Waals surface area contributed by atoms with E-state index in [4.69, 9.17) is 47.4 Å². The van der Waals surface area contributed by atoms with Gasteiger partial charge in [-0.25, -0.2) is 24.0 Å². The minimum Gasteiger partial charge on any atom is -0.455 e. The van der Waals surface area contributed by atoms with Crippen LogP contribution in [0.15, 0.2) is 102 Å². The van der Waals surface area contributed by atoms with Crippen LogP contribution in [0.3, 0.4) is 0 Å². The van der Waals surface area contributed by atoms with E-state index in [9.17, 15) is 33.9 Å². The van der Waals surface area contributed by atoms with Crippen molar-refractivity contribution >= 4 is 47.8 Å². The SMILES string of the molecule is CO[C@H]1C(=O)[C@]2(C)[C@@H](OC)C[C@H]3OC[C@@]3(OC(C)=O)[C@H]2[C@H](OC(=O)c2ccccc2)[C@]2(O)C[C@H](OC(=O)[C@H](OC(=O)COC(=O)CCNC(=O)OCc3ccccc3)[C@@H](NC(=O)OC(C)(C)C)c3ccccc3)C(C)=C1C2(C)C. The molecule has 426 valence electrons. The van der Waals surface area contributed by atoms with Crippen LogP contribution < -0.4 is 10.6 Å². The van der Waals surface area contributed by atoms with Crippen LogP contribution in [0.1, 0.15) is 102 Å². The second-order valence-electron chi connectivity index (χ2n) is 21.9. The van der Waals surface area contributed by atoms with E-state index < -0.39 is 143 Å². The molecule has 3 aromatic rings. The number of amides is 2. The molecule has 1 saturated heterocycles. The van der Waals surface area contributed by atoms with E-state index in [0.29, 0.717) is 0 Å². The highest BCUT2D eigenvalue weighted by Gasteiger charge is 2.78. The first kappa shape index (κ1) is 59.5. The number of carbonyl (C=O) groups excluding carboxylic acids is 8. The fourth-order valence-electron chi connectivity index (χ4n) is 11.6. The number of ether oxygens (including phenoxy) is 10. The number of carbonyl (C=O) groups is 8. The Morgan fingerprint density at radius 2 is 1.46 bits per heavy atom. The number of hydrogen-bond donors (Lipinski definition) is 3. The van der Waals surface area contributed by atoms with Crippen molar-refractivity contribution in [2.45, 2.75) is 141 Å². The summed E-state index contributed by atoms with van der Waals surface area (Å²) in [4.78, 5) is 112. The molecule has 0 unspecified atom stereocenters. The lowest BCUT2D eigenvalue weighted by Crippen LogP contribution is -2.82. The summed E-state index contributed by atoms with van der Waals surface area (Å²) in [5, 5.41) is 19.1. The molecule has 2 bridgehead atoms. The van der Waals surface area contributed by atoms with Crippen LogP contribution >= 0.6 is 0 Å². The van der Waals surface area contributed by atoms with Crippen molar-refractivity contribution in [1.82, 2.24) is 10.6 Å². The first-order valence-electron chi connectivity index (χ1n) is 26.0. The van der Waals surface area contributed by atoms with Crippen molar-refractivity contribution in [1.29, 1.82) is 0 Å². The summed E-state index contributed by atoms with van der Waals surface area (Å²) >= 11 is 0. The first-order valence-corrected chi connectivity index (χ1v) is 26.0. The normalized spacial score (nSPS) is 27.5. The first-order chi connectivity index (χ1) is 37.3. The third kappa shape index (κ3) is 12.3. The summed E-state index contributed by atoms with van der Waals surface area (Å²) in [6.07, 6.45) is -11.5. The fourth-order valence-corrected chi connectivity index (χ4v) is 11.6. The van der Waals surface area contributed by atoms with Crippen LogP contribution in [-0.4, -0.2) is 140 Å². The molecule has 21 nitrogen and oxygen atoms in total. The van der Waals surface area contributed by atoms with E-state index >= 15 is 9.59 Å². The maximum Gasteiger partial charge on any atom is 0.408 e. The highest BCUT2D eigenvalue weighted by atomic mass is 16.6. The number of fused-ring (bicyclic) bond motifs is 5. The zero-order chi connectivity index (χ0) is 57.7. The number of ketones is 1. The molecule has 0 radical (unpaired) electrons. The maximum atomic E-state index is 15.9. The summed E-state index contributed by atoms with van der Waals surface area (Å²) < 4.78 is 59.2. The van der Waals surface area contributed by atoms with Gasteiger partial charge in [0.15, 0.2) is 18.0 Å². The number of nitrogens with one attached hydrogen (secondary N) is 2. The summed E-state index contributed by atoms with van der Waals surface area (Å²) in [6, 6.07) is 23.2. The van der Waals surface area contributed by atoms with E-state index in [2.05, 4.69) is 10.6 Å². The fraction of sp³-hybridized carbons (Fsp3) is 0.517. The van der Waals surface area contributed by atoms with Crippen LogP contribution in [0.4, 0.5) is 9.59 Å². The minimum absolute atomic E-state index is 0.0162. The molecule has 3 fully saturated rings. The molecule has 1 aliphatic heterocycles. The van der Waals surface area contributed by atoms with Gasteiger partial charge in [0, 0.05) is 45.9 Å². The number of hydrogen-bond acceptors (Lipinski definition) is 19. The Kier molecular flexibility index (Phi) is 18.1. The minimum atomic E-state index is -2.37. The molecule has 4 aliphatic rings. The van der Waals surface area contributed by atoms with Crippen LogP contribution in [0.5, 0.6) is 0 Å². The monoisotopic (exact) mass is 1100 g/mol. The van der Waals surface area contributed by atoms with Gasteiger partial charge in [-0.05, 0) is 69.0 Å². The van der Waals surface area contributed by atoms with E-state index in [0.717, 1.165) is 5.56 Å². The molecule has 7 rings (SSSR count). The van der Waals surface area contributed by atoms with Gasteiger partial charge in [-0.2, -0.15) is 0 Å². The van der Waals surface area contributed by atoms with Gasteiger partial charge in [0.05, 0.1) is 36.0 Å². The van der Waals surface area contributed by atoms with Gasteiger partial charge >= 0.3 is 42.0 Å². The average Bonchev–Trinajstić information content (AvgIpc) is 3.59. The van der Waals surface area contributed by atoms with Crippen molar-refractivity contribution in [2.75, 3.05) is 34.0 Å². The van der Waals surface area contributed by atoms with Crippen LogP contribution in [-0.2, 0) is 77.9 Å². The molecule has 3 aromatic carbocycles. The summed E-state index contributed by atoms with van der Waals surface area (Å²) in [5.41, 5.74) is -7.03. The molecule has 0 spiro atoms. The maximum absolute atomic E-state index is 15.9. The molecule has 11 atom stereocenters. The Morgan fingerprint density at radius 1 is 0.823 bits per heavy atom. The molecule has 2 saturated carbocycles. The van der Waals surface area contributed by atoms with E-state index in [1.807, 2.05) is 6.07 Å². The van der Waals surface area contributed by atoms with E-state index in [1.54, 1.807) is 109 Å². The van der Waals surface area contributed by atoms with Crippen LogP contribution in [0.25, 0.3) is 0 Å². The molecular weight excluding hydrogens is 1030 g/mol. The second kappa shape index (κ2) is 24.0. The number of benzene rings is 3. The molecule has 2 amide bonds. The number of esters is 5. The van der Waals surface area contributed by atoms with E-state index in [1.165, 1.54) is 45.4 Å². The number of aliphatic hydroxyl groups is 1. The lowest BCUT2D eigenvalue weighted by Gasteiger charge is -2.67. The molecule has 21 heteroatoms. The predicted molar refractivity (Wildman–Crippen MR) is 277 cm³/mol. The van der Waals surface area contributed by atoms with Gasteiger partial charge in [0.25, 0.3) is 0 Å². The lowest BCUT2D eigenvalue weighted by atomic mass is 9.44. The highest BCUT2D eigenvalue weighted by molar-refractivity contribution is 5.94. The van der Waals surface area contributed by atoms with Crippen molar-refractivity contribution in [3.05, 3.63) is 119 Å². The van der Waals surface area contributed by atoms with Gasteiger partial charge < -0.3 is 63.1 Å². The second-order valence-corrected chi connectivity index (χ2v) is 21.9. The Morgan fingerprint density at radius 3 is 2.04 bits per heavy atom. The zero-order valence-corrected chi connectivity index (χ0v) is 46.0. The number of rotatable bonds is 18. The van der Waals surface area contributed by atoms with Crippen molar-refractivity contribution in [3.63, 3.8) is 0 Å². The quantitative estimate of drug-likeness (QED) is 0.0751. The third-order valence-electron chi connectivity index (χ3n) is 15.4. The number of Topliss-reactive ketones (excluding diaryl/α,β-unsaturated/α-hetero) is 1. The summed E-state index contributed by atoms with van der Waals surface area (Å²) in [6.45, 7) is 10.9. The third-order valence-corrected chi connectivity index (χ3v) is 15.4. The molecule has 1 heterocycles. The van der Waals surface area contributed by atoms with Crippen molar-refractivity contribution in [3.8, 4) is 0 Å². The molecule has 79 heavy (non-hydrogen) atoms. The Bertz CT molecular complexity index is 2780. The summed E-state index contributed by atoms with van der Waals surface area (Å²) in [7, 11) is 2.71. The van der Waals surface area contributed by atoms with Gasteiger partial charge in [-0.1, -0.05) is 92.7 Å². The number of methoxy groups -OCH3 is 2. The Balaban J connectivity index is 1.27. The molecule has 0 aromatic heterocycles. The predicted octanol–water partition coefficient (Wildman–Crippen LogP) is 5.98. The standard InChI is InChI=1S/C58H70N2O19/c1-33-38(75-51(66)46(44(36-22-16-12-17-23-36)60-53(68)79-54(3,4)5)76-42(63)31-72-41(62)26-27-59-52(67)73-30-35-20-14-11-15-21-35)29-58(69)49(77-50(65)37-24-18-13-19-25-37)47-56(8,48(64)45(71-10)43(33)55(58,6)7)39(70-9)28-40-57(47,32-74-40)78-34(2)61/h11-25,38-40,44-47,49,69H,26-32H2,1-10H3,(H,59,67)(H,60,68)/t38-,39-,40+,44-,45+,46+,47-,49-,56+,57-,58+/m0/s1. The Labute approximate surface area is 458 Å². The smallest absolute Gasteiger partial charge is 0.408 e. The lowest BCUT2D eigenvalue weighted by molar-refractivity contribution is -0.347. The Hall–Kier alpha value is -7.20. The topological polar surface area (TPSA) is 273 Å². The summed E-state index contributed by atoms with van der Waals surface area (Å²) in [5.74, 6) is -7.16. The molecular formula is C58H70N2O19. The molecule has 3 aliphatic carbocycles. The van der Waals surface area contributed by atoms with E-state index in [-0.39, 0.29) is 48.5 Å². The molecule has 3 N–H and O–H groups in total. The average molecular weight is 1100 g/mol. The number of alkyl carbamates (subject to hydrolysis) is 2. The van der Waals surface area contributed by atoms with Crippen LogP contribution in [0, 0.1) is 16.7 Å². The van der Waals surface area contributed by atoms with Gasteiger partial charge in [-0.3, -0.25) is 14.4 Å². The van der Waals surface area contributed by atoms with Crippen LogP contribution in [0.2, 0.25) is 0 Å². The highest BCUT2D eigenvalue weighted by Crippen LogP contribution is 2.65. The van der Waals surface area contributed by atoms with Gasteiger partial charge in [-0.15, -0.1) is 0 Å². The van der Waals surface area contributed by atoms with Gasteiger partial charge in [0.2, 0.25) is 6.10 Å². The largest absolute Gasteiger partial charge is 0.455 e. The van der Waals surface area contributed by atoms with Gasteiger partial charge in [0.1, 0.15) is 48.3 Å².